The number of hydrogen-bond donors (Lipinski definition) is 0. The highest BCUT2D eigenvalue weighted by molar-refractivity contribution is 5.85. The summed E-state index contributed by atoms with van der Waals surface area (Å²) in [6, 6.07) is 18.2. The third kappa shape index (κ3) is 4.57. The predicted octanol–water partition coefficient (Wildman–Crippen LogP) is 4.43. The van der Waals surface area contributed by atoms with Crippen LogP contribution in [0.5, 0.6) is 5.75 Å². The van der Waals surface area contributed by atoms with Gasteiger partial charge in [0, 0.05) is 24.3 Å². The van der Waals surface area contributed by atoms with Crippen molar-refractivity contribution in [1.29, 1.82) is 0 Å². The molecule has 4 aromatic rings. The molecule has 0 N–H and O–H groups in total. The first kappa shape index (κ1) is 18.7. The number of benzene rings is 2. The second kappa shape index (κ2) is 8.56. The minimum Gasteiger partial charge on any atom is -0.489 e. The lowest BCUT2D eigenvalue weighted by Crippen LogP contribution is -2.00. The molecule has 0 aliphatic rings. The molecule has 0 amide bonds. The summed E-state index contributed by atoms with van der Waals surface area (Å²) >= 11 is 0. The average Bonchev–Trinajstić information content (AvgIpc) is 3.31. The van der Waals surface area contributed by atoms with Crippen molar-refractivity contribution in [3.8, 4) is 11.4 Å². The Morgan fingerprint density at radius 3 is 2.44 bits per heavy atom. The van der Waals surface area contributed by atoms with E-state index in [1.165, 1.54) is 0 Å². The molecule has 0 bridgehead atoms. The molecule has 5 nitrogen and oxygen atoms in total. The van der Waals surface area contributed by atoms with Crippen molar-refractivity contribution in [3.05, 3.63) is 96.6 Å². The predicted molar refractivity (Wildman–Crippen MR) is 108 cm³/mol. The molecule has 0 aliphatic heterocycles. The van der Waals surface area contributed by atoms with E-state index in [0.717, 1.165) is 35.1 Å². The summed E-state index contributed by atoms with van der Waals surface area (Å²) in [6.07, 6.45) is 7.65. The van der Waals surface area contributed by atoms with E-state index in [1.807, 2.05) is 72.7 Å². The third-order valence-electron chi connectivity index (χ3n) is 4.28. The lowest BCUT2D eigenvalue weighted by atomic mass is 10.2. The molecule has 0 aliphatic carbocycles. The molecule has 2 heterocycles. The Morgan fingerprint density at radius 2 is 1.74 bits per heavy atom. The highest BCUT2D eigenvalue weighted by Gasteiger charge is 2.04. The number of rotatable bonds is 6. The van der Waals surface area contributed by atoms with Gasteiger partial charge in [-0.15, -0.1) is 12.4 Å². The van der Waals surface area contributed by atoms with Gasteiger partial charge in [0.15, 0.2) is 0 Å². The Bertz CT molecular complexity index is 977. The van der Waals surface area contributed by atoms with Crippen LogP contribution in [0.1, 0.15) is 17.1 Å². The first-order valence-corrected chi connectivity index (χ1v) is 8.56. The maximum absolute atomic E-state index is 5.84. The van der Waals surface area contributed by atoms with E-state index < -0.39 is 0 Å². The standard InChI is InChI=1S/C21H20N4O.ClH/c1-17-22-11-12-24(17)13-19-14-25(16-23-19)20-7-9-21(10-8-20)26-15-18-5-3-2-4-6-18;/h2-12,14,16H,13,15H2,1H3;1H. The molecule has 2 aromatic heterocycles. The summed E-state index contributed by atoms with van der Waals surface area (Å²) in [5.41, 5.74) is 3.21. The van der Waals surface area contributed by atoms with Gasteiger partial charge in [0.25, 0.3) is 0 Å². The summed E-state index contributed by atoms with van der Waals surface area (Å²) in [5, 5.41) is 0. The lowest BCUT2D eigenvalue weighted by molar-refractivity contribution is 0.306. The van der Waals surface area contributed by atoms with Crippen molar-refractivity contribution in [2.24, 2.45) is 0 Å². The lowest BCUT2D eigenvalue weighted by Gasteiger charge is -2.08. The number of hydrogen-bond acceptors (Lipinski definition) is 3. The van der Waals surface area contributed by atoms with E-state index in [2.05, 4.69) is 26.7 Å². The Kier molecular flexibility index (Phi) is 5.94. The van der Waals surface area contributed by atoms with Gasteiger partial charge in [-0.25, -0.2) is 9.97 Å². The van der Waals surface area contributed by atoms with E-state index in [-0.39, 0.29) is 12.4 Å². The van der Waals surface area contributed by atoms with Gasteiger partial charge in [-0.3, -0.25) is 0 Å². The first-order chi connectivity index (χ1) is 12.8. The highest BCUT2D eigenvalue weighted by atomic mass is 35.5. The van der Waals surface area contributed by atoms with Gasteiger partial charge in [-0.1, -0.05) is 30.3 Å². The molecule has 6 heteroatoms. The zero-order chi connectivity index (χ0) is 17.8. The van der Waals surface area contributed by atoms with E-state index in [9.17, 15) is 0 Å². The summed E-state index contributed by atoms with van der Waals surface area (Å²) in [6.45, 7) is 3.28. The second-order valence-electron chi connectivity index (χ2n) is 6.14. The van der Waals surface area contributed by atoms with Crippen molar-refractivity contribution >= 4 is 12.4 Å². The molecule has 4 rings (SSSR count). The van der Waals surface area contributed by atoms with Gasteiger partial charge >= 0.3 is 0 Å². The van der Waals surface area contributed by atoms with Crippen molar-refractivity contribution in [3.63, 3.8) is 0 Å². The monoisotopic (exact) mass is 380 g/mol. The minimum atomic E-state index is 0. The van der Waals surface area contributed by atoms with Crippen LogP contribution >= 0.6 is 12.4 Å². The summed E-state index contributed by atoms with van der Waals surface area (Å²) in [4.78, 5) is 8.73. The molecule has 0 saturated carbocycles. The summed E-state index contributed by atoms with van der Waals surface area (Å²) in [7, 11) is 0. The zero-order valence-corrected chi connectivity index (χ0v) is 15.8. The molecule has 2 aromatic carbocycles. The highest BCUT2D eigenvalue weighted by Crippen LogP contribution is 2.17. The molecule has 0 unspecified atom stereocenters. The van der Waals surface area contributed by atoms with Gasteiger partial charge < -0.3 is 13.9 Å². The smallest absolute Gasteiger partial charge is 0.119 e. The Labute approximate surface area is 164 Å². The zero-order valence-electron chi connectivity index (χ0n) is 15.0. The molecule has 138 valence electrons. The van der Waals surface area contributed by atoms with Gasteiger partial charge in [0.05, 0.1) is 18.6 Å². The van der Waals surface area contributed by atoms with Crippen LogP contribution < -0.4 is 4.74 Å². The molecular formula is C21H21ClN4O. The number of nitrogens with zero attached hydrogens (tertiary/aromatic N) is 4. The second-order valence-corrected chi connectivity index (χ2v) is 6.14. The van der Waals surface area contributed by atoms with Crippen LogP contribution in [0.3, 0.4) is 0 Å². The van der Waals surface area contributed by atoms with Crippen molar-refractivity contribution < 1.29 is 4.74 Å². The van der Waals surface area contributed by atoms with Crippen molar-refractivity contribution in [2.75, 3.05) is 0 Å². The molecule has 0 radical (unpaired) electrons. The SMILES string of the molecule is Cc1nccn1Cc1cn(-c2ccc(OCc3ccccc3)cc2)cn1.Cl. The maximum atomic E-state index is 5.84. The van der Waals surface area contributed by atoms with Crippen LogP contribution in [0.2, 0.25) is 0 Å². The van der Waals surface area contributed by atoms with Crippen LogP contribution in [-0.4, -0.2) is 19.1 Å². The van der Waals surface area contributed by atoms with Crippen LogP contribution in [-0.2, 0) is 13.2 Å². The average molecular weight is 381 g/mol. The maximum Gasteiger partial charge on any atom is 0.119 e. The quantitative estimate of drug-likeness (QED) is 0.497. The van der Waals surface area contributed by atoms with E-state index in [0.29, 0.717) is 6.61 Å². The fourth-order valence-electron chi connectivity index (χ4n) is 2.79. The van der Waals surface area contributed by atoms with Gasteiger partial charge in [0.2, 0.25) is 0 Å². The largest absolute Gasteiger partial charge is 0.489 e. The Balaban J connectivity index is 0.00000210. The molecular weight excluding hydrogens is 360 g/mol. The molecule has 0 spiro atoms. The van der Waals surface area contributed by atoms with Crippen molar-refractivity contribution in [1.82, 2.24) is 19.1 Å². The summed E-state index contributed by atoms with van der Waals surface area (Å²) < 4.78 is 9.93. The topological polar surface area (TPSA) is 44.9 Å². The fraction of sp³-hybridized carbons (Fsp3) is 0.143. The molecule has 0 atom stereocenters. The van der Waals surface area contributed by atoms with Crippen molar-refractivity contribution in [2.45, 2.75) is 20.1 Å². The van der Waals surface area contributed by atoms with Gasteiger partial charge in [0.1, 0.15) is 18.2 Å². The van der Waals surface area contributed by atoms with Crippen LogP contribution in [0, 0.1) is 6.92 Å². The number of aryl methyl sites for hydroxylation is 1. The van der Waals surface area contributed by atoms with Crippen LogP contribution in [0.15, 0.2) is 79.5 Å². The van der Waals surface area contributed by atoms with Crippen LogP contribution in [0.4, 0.5) is 0 Å². The molecule has 0 saturated heterocycles. The number of aromatic nitrogens is 4. The van der Waals surface area contributed by atoms with E-state index in [1.54, 1.807) is 6.20 Å². The molecule has 27 heavy (non-hydrogen) atoms. The normalized spacial score (nSPS) is 10.4. The van der Waals surface area contributed by atoms with Gasteiger partial charge in [-0.2, -0.15) is 0 Å². The third-order valence-corrected chi connectivity index (χ3v) is 4.28. The van der Waals surface area contributed by atoms with Crippen LogP contribution in [0.25, 0.3) is 5.69 Å². The number of halogens is 1. The number of imidazole rings is 2. The molecule has 0 fully saturated rings. The van der Waals surface area contributed by atoms with E-state index >= 15 is 0 Å². The van der Waals surface area contributed by atoms with E-state index in [4.69, 9.17) is 4.74 Å². The Morgan fingerprint density at radius 1 is 0.963 bits per heavy atom. The summed E-state index contributed by atoms with van der Waals surface area (Å²) in [5.74, 6) is 1.84. The van der Waals surface area contributed by atoms with Gasteiger partial charge in [-0.05, 0) is 36.8 Å². The fourth-order valence-corrected chi connectivity index (χ4v) is 2.79. The number of ether oxygens (including phenoxy) is 1. The minimum absolute atomic E-state index is 0. The first-order valence-electron chi connectivity index (χ1n) is 8.56. The Hall–Kier alpha value is -3.05.